The molecule has 1 saturated heterocycles. The van der Waals surface area contributed by atoms with Gasteiger partial charge in [-0.3, -0.25) is 24.6 Å². The van der Waals surface area contributed by atoms with Crippen molar-refractivity contribution in [2.75, 3.05) is 18.4 Å². The van der Waals surface area contributed by atoms with E-state index in [1.165, 1.54) is 12.3 Å². The highest BCUT2D eigenvalue weighted by Gasteiger charge is 2.26. The molecule has 10 heteroatoms. The van der Waals surface area contributed by atoms with Crippen LogP contribution in [0.4, 0.5) is 17.1 Å². The molecule has 2 aromatic heterocycles. The number of nitrogens with one attached hydrogen (secondary N) is 1. The quantitative estimate of drug-likeness (QED) is 0.508. The minimum atomic E-state index is -0.426. The molecule has 10 nitrogen and oxygen atoms in total. The average Bonchev–Trinajstić information content (AvgIpc) is 3.14. The number of anilines is 2. The minimum Gasteiger partial charge on any atom is -0.372 e. The first-order valence-corrected chi connectivity index (χ1v) is 9.64. The Balaban J connectivity index is 1.50. The highest BCUT2D eigenvalue weighted by molar-refractivity contribution is 6.00. The number of nitrogens with zero attached hydrogens (tertiary/aromatic N) is 5. The van der Waals surface area contributed by atoms with Gasteiger partial charge in [0.25, 0.3) is 5.69 Å². The number of rotatable bonds is 5. The number of aromatic nitrogens is 3. The molecule has 0 bridgehead atoms. The molecule has 3 heterocycles. The van der Waals surface area contributed by atoms with E-state index in [0.717, 1.165) is 0 Å². The van der Waals surface area contributed by atoms with Crippen LogP contribution in [0.3, 0.4) is 0 Å². The van der Waals surface area contributed by atoms with Crippen LogP contribution in [0, 0.1) is 10.1 Å². The topological polar surface area (TPSA) is 115 Å². The SMILES string of the molecule is CC1CN(C(=O)Cn2cc(Nc3ccc([N+](=O)[O-])c4cnccc34)cn2)CC(C)O1. The second-order valence-corrected chi connectivity index (χ2v) is 7.42. The van der Waals surface area contributed by atoms with Crippen molar-refractivity contribution >= 4 is 33.7 Å². The Hall–Kier alpha value is -3.53. The van der Waals surface area contributed by atoms with Crippen molar-refractivity contribution in [1.29, 1.82) is 0 Å². The van der Waals surface area contributed by atoms with Crippen LogP contribution in [-0.2, 0) is 16.1 Å². The zero-order chi connectivity index (χ0) is 21.3. The Morgan fingerprint density at radius 1 is 1.23 bits per heavy atom. The molecule has 1 fully saturated rings. The monoisotopic (exact) mass is 410 g/mol. The molecule has 1 amide bonds. The van der Waals surface area contributed by atoms with E-state index >= 15 is 0 Å². The van der Waals surface area contributed by atoms with Crippen LogP contribution in [0.1, 0.15) is 13.8 Å². The van der Waals surface area contributed by atoms with E-state index in [2.05, 4.69) is 15.4 Å². The average molecular weight is 410 g/mol. The van der Waals surface area contributed by atoms with Gasteiger partial charge in [-0.25, -0.2) is 0 Å². The van der Waals surface area contributed by atoms with Crippen molar-refractivity contribution in [2.45, 2.75) is 32.6 Å². The molecule has 2 unspecified atom stereocenters. The number of benzene rings is 1. The molecule has 4 rings (SSSR count). The molecule has 0 radical (unpaired) electrons. The summed E-state index contributed by atoms with van der Waals surface area (Å²) in [6, 6.07) is 4.82. The van der Waals surface area contributed by atoms with Gasteiger partial charge in [-0.2, -0.15) is 5.10 Å². The molecular weight excluding hydrogens is 388 g/mol. The van der Waals surface area contributed by atoms with Crippen molar-refractivity contribution < 1.29 is 14.5 Å². The van der Waals surface area contributed by atoms with Gasteiger partial charge in [0.2, 0.25) is 5.91 Å². The van der Waals surface area contributed by atoms with Gasteiger partial charge in [0.15, 0.2) is 0 Å². The van der Waals surface area contributed by atoms with E-state index in [9.17, 15) is 14.9 Å². The fourth-order valence-electron chi connectivity index (χ4n) is 3.73. The largest absolute Gasteiger partial charge is 0.372 e. The van der Waals surface area contributed by atoms with E-state index < -0.39 is 4.92 Å². The summed E-state index contributed by atoms with van der Waals surface area (Å²) >= 11 is 0. The second kappa shape index (κ2) is 8.07. The van der Waals surface area contributed by atoms with Crippen LogP contribution < -0.4 is 5.32 Å². The minimum absolute atomic E-state index is 0.00101. The van der Waals surface area contributed by atoms with Crippen LogP contribution in [0.15, 0.2) is 43.0 Å². The standard InChI is InChI=1S/C20H22N6O4/c1-13-9-24(10-14(2)30-13)20(27)12-25-11-15(7-22-25)23-18-3-4-19(26(28)29)17-8-21-6-5-16(17)18/h3-8,11,13-14,23H,9-10,12H2,1-2H3. The lowest BCUT2D eigenvalue weighted by atomic mass is 10.1. The second-order valence-electron chi connectivity index (χ2n) is 7.42. The van der Waals surface area contributed by atoms with Crippen LogP contribution in [0.25, 0.3) is 10.8 Å². The van der Waals surface area contributed by atoms with E-state index in [0.29, 0.717) is 35.2 Å². The number of ether oxygens (including phenoxy) is 1. The maximum atomic E-state index is 12.6. The summed E-state index contributed by atoms with van der Waals surface area (Å²) in [5.41, 5.74) is 1.37. The molecule has 2 atom stereocenters. The van der Waals surface area contributed by atoms with Crippen molar-refractivity contribution in [3.8, 4) is 0 Å². The molecule has 1 aromatic carbocycles. The number of non-ortho nitro benzene ring substituents is 1. The Bertz CT molecular complexity index is 1090. The van der Waals surface area contributed by atoms with Crippen molar-refractivity contribution in [3.63, 3.8) is 0 Å². The Kier molecular flexibility index (Phi) is 5.32. The van der Waals surface area contributed by atoms with Gasteiger partial charge in [0, 0.05) is 48.8 Å². The Morgan fingerprint density at radius 3 is 2.73 bits per heavy atom. The molecule has 0 spiro atoms. The van der Waals surface area contributed by atoms with Crippen LogP contribution in [0.2, 0.25) is 0 Å². The highest BCUT2D eigenvalue weighted by Crippen LogP contribution is 2.32. The Labute approximate surface area is 172 Å². The normalized spacial score (nSPS) is 19.1. The van der Waals surface area contributed by atoms with Gasteiger partial charge in [0.05, 0.1) is 34.4 Å². The first kappa shape index (κ1) is 19.8. The molecule has 30 heavy (non-hydrogen) atoms. The number of nitro groups is 1. The summed E-state index contributed by atoms with van der Waals surface area (Å²) in [4.78, 5) is 29.2. The number of carbonyl (C=O) groups excluding carboxylic acids is 1. The molecule has 0 saturated carbocycles. The first-order chi connectivity index (χ1) is 14.4. The first-order valence-electron chi connectivity index (χ1n) is 9.64. The summed E-state index contributed by atoms with van der Waals surface area (Å²) in [5.74, 6) is -0.0153. The van der Waals surface area contributed by atoms with Crippen molar-refractivity contribution in [3.05, 3.63) is 53.1 Å². The molecule has 1 aliphatic rings. The Morgan fingerprint density at radius 2 is 2.00 bits per heavy atom. The third kappa shape index (κ3) is 4.08. The number of morpholine rings is 1. The number of nitro benzene ring substituents is 1. The summed E-state index contributed by atoms with van der Waals surface area (Å²) in [6.07, 6.45) is 6.44. The predicted octanol–water partition coefficient (Wildman–Crippen LogP) is 2.72. The fraction of sp³-hybridized carbons (Fsp3) is 0.350. The van der Waals surface area contributed by atoms with Crippen LogP contribution in [0.5, 0.6) is 0 Å². The predicted molar refractivity (Wildman–Crippen MR) is 110 cm³/mol. The third-order valence-electron chi connectivity index (χ3n) is 4.97. The maximum Gasteiger partial charge on any atom is 0.278 e. The lowest BCUT2D eigenvalue weighted by molar-refractivity contribution is -0.383. The van der Waals surface area contributed by atoms with Gasteiger partial charge in [-0.1, -0.05) is 0 Å². The zero-order valence-corrected chi connectivity index (χ0v) is 16.7. The summed E-state index contributed by atoms with van der Waals surface area (Å²) < 4.78 is 7.25. The van der Waals surface area contributed by atoms with Crippen LogP contribution in [-0.4, -0.2) is 55.8 Å². The number of fused-ring (bicyclic) bond motifs is 1. The summed E-state index contributed by atoms with van der Waals surface area (Å²) in [5, 5.41) is 19.9. The number of hydrogen-bond acceptors (Lipinski definition) is 7. The molecule has 0 aliphatic carbocycles. The number of hydrogen-bond donors (Lipinski definition) is 1. The molecular formula is C20H22N6O4. The maximum absolute atomic E-state index is 12.6. The lowest BCUT2D eigenvalue weighted by Gasteiger charge is -2.35. The van der Waals surface area contributed by atoms with E-state index in [1.54, 1.807) is 40.3 Å². The van der Waals surface area contributed by atoms with Gasteiger partial charge >= 0.3 is 0 Å². The fourth-order valence-corrected chi connectivity index (χ4v) is 3.73. The smallest absolute Gasteiger partial charge is 0.278 e. The van der Waals surface area contributed by atoms with Gasteiger partial charge in [0.1, 0.15) is 6.54 Å². The number of amides is 1. The van der Waals surface area contributed by atoms with Gasteiger partial charge in [-0.15, -0.1) is 0 Å². The van der Waals surface area contributed by atoms with Gasteiger partial charge in [-0.05, 0) is 26.0 Å². The zero-order valence-electron chi connectivity index (χ0n) is 16.7. The van der Waals surface area contributed by atoms with E-state index in [4.69, 9.17) is 4.74 Å². The molecule has 3 aromatic rings. The lowest BCUT2D eigenvalue weighted by Crippen LogP contribution is -2.49. The highest BCUT2D eigenvalue weighted by atomic mass is 16.6. The van der Waals surface area contributed by atoms with Gasteiger partial charge < -0.3 is 15.0 Å². The third-order valence-corrected chi connectivity index (χ3v) is 4.97. The van der Waals surface area contributed by atoms with Crippen LogP contribution >= 0.6 is 0 Å². The van der Waals surface area contributed by atoms with E-state index in [-0.39, 0.29) is 30.3 Å². The molecule has 1 aliphatic heterocycles. The van der Waals surface area contributed by atoms with E-state index in [1.807, 2.05) is 13.8 Å². The number of carbonyl (C=O) groups is 1. The molecule has 1 N–H and O–H groups in total. The number of pyridine rings is 1. The molecule has 156 valence electrons. The summed E-state index contributed by atoms with van der Waals surface area (Å²) in [7, 11) is 0. The van der Waals surface area contributed by atoms with Crippen molar-refractivity contribution in [2.24, 2.45) is 0 Å². The summed E-state index contributed by atoms with van der Waals surface area (Å²) in [6.45, 7) is 5.18. The van der Waals surface area contributed by atoms with Crippen molar-refractivity contribution in [1.82, 2.24) is 19.7 Å².